The fraction of sp³-hybridized carbons (Fsp3) is 0.800. The minimum atomic E-state index is -3.36. The molecule has 0 amide bonds. The fourth-order valence-corrected chi connectivity index (χ4v) is 3.73. The number of likely N-dealkylation sites (tertiary alicyclic amines) is 1. The molecule has 1 fully saturated rings. The predicted octanol–water partition coefficient (Wildman–Crippen LogP) is 1.54. The van der Waals surface area contributed by atoms with E-state index in [9.17, 15) is 13.2 Å². The summed E-state index contributed by atoms with van der Waals surface area (Å²) in [5, 5.41) is 8.96. The second-order valence-corrected chi connectivity index (χ2v) is 7.60. The monoisotopic (exact) mass is 330 g/mol. The summed E-state index contributed by atoms with van der Waals surface area (Å²) in [7, 11) is -3.36. The van der Waals surface area contributed by atoms with Gasteiger partial charge in [-0.3, -0.25) is 4.79 Å². The number of unbranched alkanes of at least 4 members (excludes halogenated alkanes) is 2. The molecule has 1 saturated heterocycles. The number of aliphatic carboxylic acids is 1. The van der Waals surface area contributed by atoms with Gasteiger partial charge in [0, 0.05) is 31.7 Å². The van der Waals surface area contributed by atoms with Crippen LogP contribution in [-0.4, -0.2) is 54.1 Å². The van der Waals surface area contributed by atoms with Crippen LogP contribution in [0.1, 0.15) is 46.0 Å². The molecule has 0 spiro atoms. The summed E-state index contributed by atoms with van der Waals surface area (Å²) in [5.41, 5.74) is 0. The highest BCUT2D eigenvalue weighted by molar-refractivity contribution is 7.89. The topological polar surface area (TPSA) is 77.9 Å². The van der Waals surface area contributed by atoms with Gasteiger partial charge in [-0.15, -0.1) is 0 Å². The van der Waals surface area contributed by atoms with E-state index < -0.39 is 21.9 Å². The molecule has 6 nitrogen and oxygen atoms in total. The maximum absolute atomic E-state index is 12.3. The van der Waals surface area contributed by atoms with Gasteiger partial charge in [0.05, 0.1) is 11.7 Å². The van der Waals surface area contributed by atoms with Gasteiger partial charge in [-0.2, -0.15) is 0 Å². The van der Waals surface area contributed by atoms with E-state index in [0.29, 0.717) is 38.9 Å². The van der Waals surface area contributed by atoms with Gasteiger partial charge >= 0.3 is 5.97 Å². The van der Waals surface area contributed by atoms with Crippen LogP contribution in [0.25, 0.3) is 0 Å². The maximum Gasteiger partial charge on any atom is 0.308 e. The van der Waals surface area contributed by atoms with Crippen LogP contribution in [-0.2, 0) is 14.8 Å². The normalized spacial score (nSPS) is 17.9. The van der Waals surface area contributed by atoms with Crippen LogP contribution < -0.4 is 0 Å². The third kappa shape index (κ3) is 5.76. The van der Waals surface area contributed by atoms with Crippen molar-refractivity contribution in [2.24, 2.45) is 5.92 Å². The van der Waals surface area contributed by atoms with Gasteiger partial charge in [0.15, 0.2) is 0 Å². The molecule has 0 aromatic rings. The van der Waals surface area contributed by atoms with Crippen molar-refractivity contribution in [1.82, 2.24) is 9.21 Å². The molecule has 0 aromatic carbocycles. The first-order valence-electron chi connectivity index (χ1n) is 7.90. The van der Waals surface area contributed by atoms with Gasteiger partial charge < -0.3 is 10.0 Å². The first-order chi connectivity index (χ1) is 10.4. The first-order valence-corrected chi connectivity index (χ1v) is 9.51. The van der Waals surface area contributed by atoms with Gasteiger partial charge in [0.25, 0.3) is 0 Å². The number of sulfonamides is 1. The van der Waals surface area contributed by atoms with E-state index in [4.69, 9.17) is 5.11 Å². The van der Waals surface area contributed by atoms with E-state index >= 15 is 0 Å². The van der Waals surface area contributed by atoms with Crippen LogP contribution in [0.5, 0.6) is 0 Å². The lowest BCUT2D eigenvalue weighted by Crippen LogP contribution is -2.30. The smallest absolute Gasteiger partial charge is 0.308 e. The van der Waals surface area contributed by atoms with Crippen LogP contribution in [0.15, 0.2) is 0 Å². The molecule has 0 aromatic heterocycles. The number of rotatable bonds is 8. The third-order valence-corrected chi connectivity index (χ3v) is 5.39. The molecule has 1 rings (SSSR count). The number of carbonyl (C=O) groups is 1. The van der Waals surface area contributed by atoms with Crippen LogP contribution in [0, 0.1) is 18.0 Å². The van der Waals surface area contributed by atoms with E-state index in [1.807, 2.05) is 13.8 Å². The van der Waals surface area contributed by atoms with Crippen LogP contribution >= 0.6 is 0 Å². The lowest BCUT2D eigenvalue weighted by molar-refractivity contribution is -0.141. The Bertz CT molecular complexity index is 521. The zero-order valence-electron chi connectivity index (χ0n) is 13.4. The zero-order chi connectivity index (χ0) is 16.6. The van der Waals surface area contributed by atoms with E-state index in [1.165, 1.54) is 4.31 Å². The van der Waals surface area contributed by atoms with Gasteiger partial charge in [-0.05, 0) is 19.3 Å². The summed E-state index contributed by atoms with van der Waals surface area (Å²) in [5.74, 6) is -1.11. The van der Waals surface area contributed by atoms with Crippen LogP contribution in [0.2, 0.25) is 0 Å². The minimum absolute atomic E-state index is 0.118. The fourth-order valence-electron chi connectivity index (χ4n) is 2.30. The highest BCUT2D eigenvalue weighted by Gasteiger charge is 2.27. The molecule has 0 radical (unpaired) electrons. The number of nitrogens with zero attached hydrogens (tertiary/aromatic N) is 2. The molecule has 1 heterocycles. The Morgan fingerprint density at radius 3 is 2.59 bits per heavy atom. The third-order valence-electron chi connectivity index (χ3n) is 3.64. The summed E-state index contributed by atoms with van der Waals surface area (Å²) in [6.45, 7) is 5.24. The summed E-state index contributed by atoms with van der Waals surface area (Å²) in [6, 6.07) is 5.53. The van der Waals surface area contributed by atoms with Crippen LogP contribution in [0.3, 0.4) is 0 Å². The van der Waals surface area contributed by atoms with Crippen molar-refractivity contribution in [3.8, 4) is 12.1 Å². The summed E-state index contributed by atoms with van der Waals surface area (Å²) < 4.78 is 25.8. The maximum atomic E-state index is 12.3. The SMILES string of the molecule is CCCCCS(=O)(=O)N(C#CN1CCC(C(=O)O)C1)CCC. The largest absolute Gasteiger partial charge is 0.481 e. The first kappa shape index (κ1) is 18.6. The van der Waals surface area contributed by atoms with E-state index in [0.717, 1.165) is 12.8 Å². The highest BCUT2D eigenvalue weighted by atomic mass is 32.2. The Morgan fingerprint density at radius 1 is 1.32 bits per heavy atom. The Labute approximate surface area is 133 Å². The number of carboxylic acid groups (broad SMARTS) is 1. The van der Waals surface area contributed by atoms with Crippen molar-refractivity contribution >= 4 is 16.0 Å². The van der Waals surface area contributed by atoms with Gasteiger partial charge in [-0.25, -0.2) is 12.7 Å². The Kier molecular flexibility index (Phi) is 7.52. The molecule has 0 saturated carbocycles. The number of hydrogen-bond acceptors (Lipinski definition) is 4. The molecule has 126 valence electrons. The summed E-state index contributed by atoms with van der Waals surface area (Å²) >= 11 is 0. The highest BCUT2D eigenvalue weighted by Crippen LogP contribution is 2.15. The molecule has 1 aliphatic heterocycles. The standard InChI is InChI=1S/C15H26N2O4S/c1-3-5-6-12-22(20,21)17(8-4-2)11-10-16-9-7-14(13-16)15(18)19/h14H,3-9,12-13H2,1-2H3,(H,18,19). The van der Waals surface area contributed by atoms with Gasteiger partial charge in [0.2, 0.25) is 10.0 Å². The van der Waals surface area contributed by atoms with Crippen molar-refractivity contribution in [2.75, 3.05) is 25.4 Å². The Morgan fingerprint density at radius 2 is 2.05 bits per heavy atom. The molecule has 1 N–H and O–H groups in total. The second-order valence-electron chi connectivity index (χ2n) is 5.59. The van der Waals surface area contributed by atoms with Crippen molar-refractivity contribution in [3.05, 3.63) is 0 Å². The quantitative estimate of drug-likeness (QED) is 0.415. The zero-order valence-corrected chi connectivity index (χ0v) is 14.2. The average molecular weight is 330 g/mol. The molecule has 0 aliphatic carbocycles. The average Bonchev–Trinajstić information content (AvgIpc) is 2.92. The van der Waals surface area contributed by atoms with E-state index in [2.05, 4.69) is 12.1 Å². The summed E-state index contributed by atoms with van der Waals surface area (Å²) in [4.78, 5) is 12.6. The molecule has 22 heavy (non-hydrogen) atoms. The van der Waals surface area contributed by atoms with E-state index in [-0.39, 0.29) is 5.75 Å². The predicted molar refractivity (Wildman–Crippen MR) is 85.4 cm³/mol. The van der Waals surface area contributed by atoms with E-state index in [1.54, 1.807) is 4.90 Å². The number of hydrogen-bond donors (Lipinski definition) is 1. The van der Waals surface area contributed by atoms with Crippen LogP contribution in [0.4, 0.5) is 0 Å². The molecule has 1 aliphatic rings. The van der Waals surface area contributed by atoms with Crippen molar-refractivity contribution in [3.63, 3.8) is 0 Å². The molecule has 7 heteroatoms. The Hall–Kier alpha value is -1.42. The second kappa shape index (κ2) is 8.89. The van der Waals surface area contributed by atoms with Crippen molar-refractivity contribution in [2.45, 2.75) is 46.0 Å². The molecular formula is C15H26N2O4S. The van der Waals surface area contributed by atoms with Gasteiger partial charge in [-0.1, -0.05) is 26.7 Å². The van der Waals surface area contributed by atoms with Gasteiger partial charge in [0.1, 0.15) is 0 Å². The van der Waals surface area contributed by atoms with Crippen molar-refractivity contribution < 1.29 is 18.3 Å². The Balaban J connectivity index is 2.69. The number of carboxylic acids is 1. The molecular weight excluding hydrogens is 304 g/mol. The molecule has 1 unspecified atom stereocenters. The molecule has 0 bridgehead atoms. The lowest BCUT2D eigenvalue weighted by atomic mass is 10.1. The molecule has 1 atom stereocenters. The minimum Gasteiger partial charge on any atom is -0.481 e. The summed E-state index contributed by atoms with van der Waals surface area (Å²) in [6.07, 6.45) is 3.75. The van der Waals surface area contributed by atoms with Crippen molar-refractivity contribution in [1.29, 1.82) is 0 Å². The lowest BCUT2D eigenvalue weighted by Gasteiger charge is -2.17.